The number of rotatable bonds is 7. The topological polar surface area (TPSA) is 76.5 Å². The number of hydrogen-bond donors (Lipinski definition) is 1. The maximum absolute atomic E-state index is 12.3. The SMILES string of the molecule is CCOC(=O)Nc1cccc(Cn2nc(-c3ccc(CN(C)C)cc3)ccc2=O)c1. The average Bonchev–Trinajstić information content (AvgIpc) is 2.70. The Kier molecular flexibility index (Phi) is 6.98. The minimum atomic E-state index is -0.510. The van der Waals surface area contributed by atoms with E-state index in [1.54, 1.807) is 25.1 Å². The van der Waals surface area contributed by atoms with Crippen molar-refractivity contribution >= 4 is 11.8 Å². The Balaban J connectivity index is 1.79. The first-order valence-corrected chi connectivity index (χ1v) is 9.79. The van der Waals surface area contributed by atoms with Gasteiger partial charge < -0.3 is 9.64 Å². The number of ether oxygens (including phenoxy) is 1. The maximum Gasteiger partial charge on any atom is 0.411 e. The molecule has 1 amide bonds. The van der Waals surface area contributed by atoms with Gasteiger partial charge in [0.25, 0.3) is 5.56 Å². The summed E-state index contributed by atoms with van der Waals surface area (Å²) in [5.74, 6) is 0. The lowest BCUT2D eigenvalue weighted by Crippen LogP contribution is -2.23. The Morgan fingerprint density at radius 1 is 1.07 bits per heavy atom. The number of nitrogens with one attached hydrogen (secondary N) is 1. The van der Waals surface area contributed by atoms with Crippen molar-refractivity contribution in [1.82, 2.24) is 14.7 Å². The molecule has 0 aliphatic carbocycles. The van der Waals surface area contributed by atoms with Crippen LogP contribution in [0.1, 0.15) is 18.1 Å². The smallest absolute Gasteiger partial charge is 0.411 e. The van der Waals surface area contributed by atoms with E-state index >= 15 is 0 Å². The molecule has 2 aromatic carbocycles. The lowest BCUT2D eigenvalue weighted by Gasteiger charge is -2.11. The van der Waals surface area contributed by atoms with Gasteiger partial charge in [-0.2, -0.15) is 5.10 Å². The third kappa shape index (κ3) is 5.78. The molecule has 1 N–H and O–H groups in total. The lowest BCUT2D eigenvalue weighted by molar-refractivity contribution is 0.168. The number of nitrogens with zero attached hydrogens (tertiary/aromatic N) is 3. The van der Waals surface area contributed by atoms with E-state index in [4.69, 9.17) is 4.74 Å². The fourth-order valence-corrected chi connectivity index (χ4v) is 3.07. The van der Waals surface area contributed by atoms with Crippen LogP contribution in [-0.2, 0) is 17.8 Å². The number of benzene rings is 2. The van der Waals surface area contributed by atoms with Gasteiger partial charge in [0.15, 0.2) is 0 Å². The zero-order valence-corrected chi connectivity index (χ0v) is 17.5. The number of amides is 1. The van der Waals surface area contributed by atoms with Crippen molar-refractivity contribution in [2.75, 3.05) is 26.0 Å². The molecular formula is C23H26N4O3. The van der Waals surface area contributed by atoms with Gasteiger partial charge in [-0.1, -0.05) is 36.4 Å². The largest absolute Gasteiger partial charge is 0.450 e. The van der Waals surface area contributed by atoms with Crippen LogP contribution < -0.4 is 10.9 Å². The van der Waals surface area contributed by atoms with E-state index in [9.17, 15) is 9.59 Å². The fraction of sp³-hybridized carbons (Fsp3) is 0.261. The minimum Gasteiger partial charge on any atom is -0.450 e. The standard InChI is InChI=1S/C23H26N4O3/c1-4-30-23(29)24-20-7-5-6-18(14-20)16-27-22(28)13-12-21(25-27)19-10-8-17(9-11-19)15-26(2)3/h5-14H,4,15-16H2,1-3H3,(H,24,29). The molecule has 0 saturated heterocycles. The van der Waals surface area contributed by atoms with Crippen LogP contribution in [0.5, 0.6) is 0 Å². The summed E-state index contributed by atoms with van der Waals surface area (Å²) in [5.41, 5.74) is 4.15. The Morgan fingerprint density at radius 3 is 2.53 bits per heavy atom. The summed E-state index contributed by atoms with van der Waals surface area (Å²) in [5, 5.41) is 7.20. The van der Waals surface area contributed by atoms with E-state index in [2.05, 4.69) is 27.4 Å². The van der Waals surface area contributed by atoms with Crippen molar-refractivity contribution in [3.8, 4) is 11.3 Å². The van der Waals surface area contributed by atoms with Gasteiger partial charge in [-0.25, -0.2) is 9.48 Å². The first kappa shape index (κ1) is 21.3. The number of hydrogen-bond acceptors (Lipinski definition) is 5. The quantitative estimate of drug-likeness (QED) is 0.649. The molecule has 0 saturated carbocycles. The summed E-state index contributed by atoms with van der Waals surface area (Å²) in [6.07, 6.45) is -0.510. The molecule has 0 radical (unpaired) electrons. The van der Waals surface area contributed by atoms with Gasteiger partial charge in [0.1, 0.15) is 0 Å². The molecule has 0 unspecified atom stereocenters. The number of carbonyl (C=O) groups is 1. The van der Waals surface area contributed by atoms with Crippen LogP contribution >= 0.6 is 0 Å². The highest BCUT2D eigenvalue weighted by atomic mass is 16.5. The van der Waals surface area contributed by atoms with Crippen molar-refractivity contribution in [2.24, 2.45) is 0 Å². The van der Waals surface area contributed by atoms with Crippen molar-refractivity contribution < 1.29 is 9.53 Å². The zero-order chi connectivity index (χ0) is 21.5. The first-order chi connectivity index (χ1) is 14.4. The van der Waals surface area contributed by atoms with Crippen LogP contribution in [0.2, 0.25) is 0 Å². The minimum absolute atomic E-state index is 0.188. The Labute approximate surface area is 175 Å². The highest BCUT2D eigenvalue weighted by molar-refractivity contribution is 5.84. The molecular weight excluding hydrogens is 380 g/mol. The molecule has 0 aliphatic heterocycles. The second kappa shape index (κ2) is 9.84. The van der Waals surface area contributed by atoms with Gasteiger partial charge in [0, 0.05) is 23.9 Å². The van der Waals surface area contributed by atoms with Crippen LogP contribution in [0.4, 0.5) is 10.5 Å². The van der Waals surface area contributed by atoms with Crippen LogP contribution in [0.3, 0.4) is 0 Å². The molecule has 0 atom stereocenters. The second-order valence-corrected chi connectivity index (χ2v) is 7.20. The third-order valence-electron chi connectivity index (χ3n) is 4.40. The van der Waals surface area contributed by atoms with Crippen molar-refractivity contribution in [3.05, 3.63) is 82.1 Å². The van der Waals surface area contributed by atoms with Crippen molar-refractivity contribution in [1.29, 1.82) is 0 Å². The van der Waals surface area contributed by atoms with Crippen LogP contribution in [0.15, 0.2) is 65.5 Å². The monoisotopic (exact) mass is 406 g/mol. The lowest BCUT2D eigenvalue weighted by atomic mass is 10.1. The summed E-state index contributed by atoms with van der Waals surface area (Å²) < 4.78 is 6.32. The van der Waals surface area contributed by atoms with E-state index in [1.807, 2.05) is 38.4 Å². The molecule has 7 heteroatoms. The van der Waals surface area contributed by atoms with Crippen molar-refractivity contribution in [3.63, 3.8) is 0 Å². The molecule has 30 heavy (non-hydrogen) atoms. The molecule has 0 spiro atoms. The van der Waals surface area contributed by atoms with Crippen molar-refractivity contribution in [2.45, 2.75) is 20.0 Å². The predicted octanol–water partition coefficient (Wildman–Crippen LogP) is 3.59. The van der Waals surface area contributed by atoms with Gasteiger partial charge in [0.05, 0.1) is 18.8 Å². The molecule has 0 bridgehead atoms. The molecule has 1 aromatic heterocycles. The average molecular weight is 406 g/mol. The molecule has 156 valence electrons. The zero-order valence-electron chi connectivity index (χ0n) is 17.5. The molecule has 7 nitrogen and oxygen atoms in total. The van der Waals surface area contributed by atoms with Crippen LogP contribution in [0.25, 0.3) is 11.3 Å². The third-order valence-corrected chi connectivity index (χ3v) is 4.40. The molecule has 3 rings (SSSR count). The summed E-state index contributed by atoms with van der Waals surface area (Å²) >= 11 is 0. The summed E-state index contributed by atoms with van der Waals surface area (Å²) in [6.45, 7) is 3.21. The van der Waals surface area contributed by atoms with E-state index in [1.165, 1.54) is 16.3 Å². The summed E-state index contributed by atoms with van der Waals surface area (Å²) in [4.78, 5) is 26.1. The van der Waals surface area contributed by atoms with E-state index in [0.717, 1.165) is 23.4 Å². The number of anilines is 1. The summed E-state index contributed by atoms with van der Waals surface area (Å²) in [6, 6.07) is 18.7. The predicted molar refractivity (Wildman–Crippen MR) is 118 cm³/mol. The normalized spacial score (nSPS) is 10.8. The van der Waals surface area contributed by atoms with Crippen LogP contribution in [-0.4, -0.2) is 41.5 Å². The summed E-state index contributed by atoms with van der Waals surface area (Å²) in [7, 11) is 4.06. The molecule has 3 aromatic rings. The number of carbonyl (C=O) groups excluding carboxylic acids is 1. The van der Waals surface area contributed by atoms with E-state index in [-0.39, 0.29) is 5.56 Å². The second-order valence-electron chi connectivity index (χ2n) is 7.20. The molecule has 0 aliphatic rings. The highest BCUT2D eigenvalue weighted by Crippen LogP contribution is 2.17. The van der Waals surface area contributed by atoms with Crippen LogP contribution in [0, 0.1) is 0 Å². The Morgan fingerprint density at radius 2 is 1.83 bits per heavy atom. The molecule has 1 heterocycles. The van der Waals surface area contributed by atoms with Gasteiger partial charge >= 0.3 is 6.09 Å². The maximum atomic E-state index is 12.3. The number of aromatic nitrogens is 2. The van der Waals surface area contributed by atoms with Gasteiger partial charge in [0.2, 0.25) is 0 Å². The van der Waals surface area contributed by atoms with Gasteiger partial charge in [-0.05, 0) is 50.3 Å². The highest BCUT2D eigenvalue weighted by Gasteiger charge is 2.07. The van der Waals surface area contributed by atoms with Gasteiger partial charge in [-0.3, -0.25) is 10.1 Å². The fourth-order valence-electron chi connectivity index (χ4n) is 3.07. The first-order valence-electron chi connectivity index (χ1n) is 9.79. The van der Waals surface area contributed by atoms with Gasteiger partial charge in [-0.15, -0.1) is 0 Å². The Hall–Kier alpha value is -3.45. The Bertz CT molecular complexity index is 1060. The van der Waals surface area contributed by atoms with E-state index in [0.29, 0.717) is 18.8 Å². The van der Waals surface area contributed by atoms with E-state index < -0.39 is 6.09 Å². The molecule has 0 fully saturated rings.